The monoisotopic (exact) mass is 438 g/mol. The highest BCUT2D eigenvalue weighted by molar-refractivity contribution is 5.55. The molecular weight excluding hydrogens is 406 g/mol. The zero-order chi connectivity index (χ0) is 23.1. The molecule has 2 aromatic carbocycles. The van der Waals surface area contributed by atoms with Crippen molar-refractivity contribution >= 4 is 6.08 Å². The first kappa shape index (κ1) is 23.9. The van der Waals surface area contributed by atoms with Gasteiger partial charge in [0.05, 0.1) is 23.7 Å². The Morgan fingerprint density at radius 2 is 1.81 bits per heavy atom. The number of hydrogen-bond donors (Lipinski definition) is 1. The highest BCUT2D eigenvalue weighted by atomic mass is 19.1. The van der Waals surface area contributed by atoms with Gasteiger partial charge in [0.2, 0.25) is 0 Å². The van der Waals surface area contributed by atoms with Gasteiger partial charge in [0.15, 0.2) is 0 Å². The van der Waals surface area contributed by atoms with Crippen LogP contribution in [0.3, 0.4) is 0 Å². The van der Waals surface area contributed by atoms with Crippen LogP contribution in [0, 0.1) is 17.6 Å². The number of aromatic nitrogens is 2. The van der Waals surface area contributed by atoms with E-state index < -0.39 is 6.10 Å². The minimum Gasteiger partial charge on any atom is -0.393 e. The molecule has 1 heterocycles. The van der Waals surface area contributed by atoms with Crippen molar-refractivity contribution in [3.63, 3.8) is 0 Å². The fraction of sp³-hybridized carbons (Fsp3) is 0.370. The normalized spacial score (nSPS) is 13.9. The summed E-state index contributed by atoms with van der Waals surface area (Å²) in [7, 11) is 0. The summed E-state index contributed by atoms with van der Waals surface area (Å²) in [5.41, 5.74) is 4.77. The predicted molar refractivity (Wildman–Crippen MR) is 126 cm³/mol. The Labute approximate surface area is 189 Å². The molecule has 3 aromatic rings. The van der Waals surface area contributed by atoms with Crippen molar-refractivity contribution in [2.45, 2.75) is 59.0 Å². The fourth-order valence-corrected chi connectivity index (χ4v) is 3.90. The summed E-state index contributed by atoms with van der Waals surface area (Å²) in [4.78, 5) is 0. The minimum absolute atomic E-state index is 0.0818. The molecule has 3 nitrogen and oxygen atoms in total. The summed E-state index contributed by atoms with van der Waals surface area (Å²) in [6, 6.07) is 13.0. The van der Waals surface area contributed by atoms with Crippen molar-refractivity contribution in [3.05, 3.63) is 88.8 Å². The van der Waals surface area contributed by atoms with Crippen LogP contribution in [0.15, 0.2) is 60.3 Å². The van der Waals surface area contributed by atoms with Gasteiger partial charge in [-0.05, 0) is 86.1 Å². The summed E-state index contributed by atoms with van der Waals surface area (Å²) in [6.45, 7) is 6.21. The second-order valence-corrected chi connectivity index (χ2v) is 8.52. The SMILES string of the molecule is CCc1cnn(-c2ccc(F)cc2)c1/C=C(\C)CCC[C@@H](C)[C@@H](O)Cc1ccccc1F. The second kappa shape index (κ2) is 11.2. The zero-order valence-corrected chi connectivity index (χ0v) is 19.1. The number of rotatable bonds is 10. The summed E-state index contributed by atoms with van der Waals surface area (Å²) in [5, 5.41) is 15.0. The van der Waals surface area contributed by atoms with Gasteiger partial charge in [-0.15, -0.1) is 0 Å². The van der Waals surface area contributed by atoms with Crippen LogP contribution in [0.2, 0.25) is 0 Å². The molecule has 0 aliphatic carbocycles. The number of halogens is 2. The van der Waals surface area contributed by atoms with Gasteiger partial charge in [-0.25, -0.2) is 13.5 Å². The smallest absolute Gasteiger partial charge is 0.126 e. The van der Waals surface area contributed by atoms with E-state index in [1.807, 2.05) is 17.8 Å². The Morgan fingerprint density at radius 3 is 2.50 bits per heavy atom. The van der Waals surface area contributed by atoms with Gasteiger partial charge in [0.25, 0.3) is 0 Å². The molecule has 0 fully saturated rings. The summed E-state index contributed by atoms with van der Waals surface area (Å²) in [5.74, 6) is -0.448. The molecule has 2 atom stereocenters. The highest BCUT2D eigenvalue weighted by Gasteiger charge is 2.16. The molecule has 1 aromatic heterocycles. The van der Waals surface area contributed by atoms with E-state index in [1.165, 1.54) is 23.8 Å². The van der Waals surface area contributed by atoms with E-state index in [2.05, 4.69) is 25.0 Å². The molecule has 0 unspecified atom stereocenters. The number of aryl methyl sites for hydroxylation is 1. The molecule has 0 bridgehead atoms. The van der Waals surface area contributed by atoms with Gasteiger partial charge < -0.3 is 5.11 Å². The Balaban J connectivity index is 1.60. The third-order valence-electron chi connectivity index (χ3n) is 6.00. The lowest BCUT2D eigenvalue weighted by Crippen LogP contribution is -2.21. The van der Waals surface area contributed by atoms with Crippen LogP contribution in [-0.2, 0) is 12.8 Å². The molecule has 0 saturated heterocycles. The molecule has 0 aliphatic rings. The van der Waals surface area contributed by atoms with Crippen LogP contribution in [-0.4, -0.2) is 21.0 Å². The van der Waals surface area contributed by atoms with Gasteiger partial charge >= 0.3 is 0 Å². The molecule has 1 N–H and O–H groups in total. The van der Waals surface area contributed by atoms with E-state index in [-0.39, 0.29) is 17.6 Å². The molecule has 0 saturated carbocycles. The predicted octanol–water partition coefficient (Wildman–Crippen LogP) is 6.53. The van der Waals surface area contributed by atoms with Crippen LogP contribution >= 0.6 is 0 Å². The topological polar surface area (TPSA) is 38.0 Å². The van der Waals surface area contributed by atoms with E-state index in [0.29, 0.717) is 12.0 Å². The number of nitrogens with zero attached hydrogens (tertiary/aromatic N) is 2. The van der Waals surface area contributed by atoms with E-state index in [9.17, 15) is 13.9 Å². The van der Waals surface area contributed by atoms with Gasteiger partial charge in [-0.3, -0.25) is 0 Å². The molecule has 0 amide bonds. The average Bonchev–Trinajstić information content (AvgIpc) is 3.18. The Morgan fingerprint density at radius 1 is 1.09 bits per heavy atom. The third kappa shape index (κ3) is 6.13. The molecule has 32 heavy (non-hydrogen) atoms. The van der Waals surface area contributed by atoms with Gasteiger partial charge in [0.1, 0.15) is 11.6 Å². The second-order valence-electron chi connectivity index (χ2n) is 8.52. The lowest BCUT2D eigenvalue weighted by Gasteiger charge is -2.19. The molecule has 0 radical (unpaired) electrons. The maximum atomic E-state index is 13.8. The number of benzene rings is 2. The van der Waals surface area contributed by atoms with Crippen LogP contribution in [0.4, 0.5) is 8.78 Å². The first-order chi connectivity index (χ1) is 15.4. The van der Waals surface area contributed by atoms with Crippen LogP contribution < -0.4 is 0 Å². The summed E-state index contributed by atoms with van der Waals surface area (Å²) in [6.07, 6.45) is 7.33. The van der Waals surface area contributed by atoms with E-state index in [0.717, 1.165) is 42.6 Å². The van der Waals surface area contributed by atoms with Crippen molar-refractivity contribution in [2.24, 2.45) is 5.92 Å². The minimum atomic E-state index is -0.567. The van der Waals surface area contributed by atoms with Gasteiger partial charge in [-0.1, -0.05) is 37.6 Å². The van der Waals surface area contributed by atoms with Crippen LogP contribution in [0.5, 0.6) is 0 Å². The van der Waals surface area contributed by atoms with Gasteiger partial charge in [0, 0.05) is 6.42 Å². The summed E-state index contributed by atoms with van der Waals surface area (Å²) >= 11 is 0. The van der Waals surface area contributed by atoms with Crippen molar-refractivity contribution in [3.8, 4) is 5.69 Å². The molecule has 0 spiro atoms. The van der Waals surface area contributed by atoms with Crippen LogP contribution in [0.1, 0.15) is 56.9 Å². The van der Waals surface area contributed by atoms with Gasteiger partial charge in [-0.2, -0.15) is 5.10 Å². The largest absolute Gasteiger partial charge is 0.393 e. The first-order valence-corrected chi connectivity index (χ1v) is 11.3. The van der Waals surface area contributed by atoms with E-state index >= 15 is 0 Å². The van der Waals surface area contributed by atoms with E-state index in [4.69, 9.17) is 0 Å². The standard InChI is InChI=1S/C27H32F2N2O/c1-4-21-18-30-31(24-14-12-23(28)13-15-24)26(21)16-19(2)8-7-9-20(3)27(32)17-22-10-5-6-11-25(22)29/h5-6,10-16,18,20,27,32H,4,7-9,17H2,1-3H3/b19-16+/t20-,27+/m1/s1. The molecule has 0 aliphatic heterocycles. The Bertz CT molecular complexity index is 1040. The average molecular weight is 439 g/mol. The molecule has 3 rings (SSSR count). The number of aliphatic hydroxyl groups is 1. The first-order valence-electron chi connectivity index (χ1n) is 11.3. The fourth-order valence-electron chi connectivity index (χ4n) is 3.90. The number of aliphatic hydroxyl groups excluding tert-OH is 1. The molecule has 170 valence electrons. The zero-order valence-electron chi connectivity index (χ0n) is 19.1. The number of hydrogen-bond acceptors (Lipinski definition) is 2. The lowest BCUT2D eigenvalue weighted by molar-refractivity contribution is 0.110. The van der Waals surface area contributed by atoms with Crippen molar-refractivity contribution in [2.75, 3.05) is 0 Å². The van der Waals surface area contributed by atoms with E-state index in [1.54, 1.807) is 30.3 Å². The maximum Gasteiger partial charge on any atom is 0.126 e. The van der Waals surface area contributed by atoms with Crippen molar-refractivity contribution in [1.29, 1.82) is 0 Å². The Hall–Kier alpha value is -2.79. The lowest BCUT2D eigenvalue weighted by atomic mass is 9.92. The quantitative estimate of drug-likeness (QED) is 0.391. The number of allylic oxidation sites excluding steroid dienone is 1. The maximum absolute atomic E-state index is 13.8. The highest BCUT2D eigenvalue weighted by Crippen LogP contribution is 2.23. The molecular formula is C27H32F2N2O. The summed E-state index contributed by atoms with van der Waals surface area (Å²) < 4.78 is 29.0. The van der Waals surface area contributed by atoms with Crippen molar-refractivity contribution < 1.29 is 13.9 Å². The van der Waals surface area contributed by atoms with Crippen LogP contribution in [0.25, 0.3) is 11.8 Å². The molecule has 5 heteroatoms. The van der Waals surface area contributed by atoms with Crippen molar-refractivity contribution in [1.82, 2.24) is 9.78 Å². The Kier molecular flexibility index (Phi) is 8.34. The third-order valence-corrected chi connectivity index (χ3v) is 6.00.